The van der Waals surface area contributed by atoms with Gasteiger partial charge in [-0.3, -0.25) is 0 Å². The molecule has 1 heterocycles. The van der Waals surface area contributed by atoms with E-state index in [0.717, 1.165) is 19.1 Å². The van der Waals surface area contributed by atoms with Gasteiger partial charge in [0.2, 0.25) is 0 Å². The summed E-state index contributed by atoms with van der Waals surface area (Å²) in [6.45, 7) is 5.69. The van der Waals surface area contributed by atoms with Crippen LogP contribution in [0.3, 0.4) is 0 Å². The van der Waals surface area contributed by atoms with Crippen LogP contribution in [-0.2, 0) is 17.8 Å². The Balaban J connectivity index is 3.04. The standard InChI is InChI=1S/C16H28F2N3O2P/c1-15(2,3)8-4-5-13-19-20-14(12(6-9-22)7-10-23)21(13)11-16(17,18)24/h9,12,23H,4-8,10-11,24H2,1-3H3. The number of aliphatic hydroxyl groups excluding tert-OH is 1. The molecule has 0 spiro atoms. The molecule has 0 aliphatic carbocycles. The Labute approximate surface area is 144 Å². The summed E-state index contributed by atoms with van der Waals surface area (Å²) in [4.78, 5) is 10.9. The lowest BCUT2D eigenvalue weighted by Crippen LogP contribution is -2.22. The minimum absolute atomic E-state index is 0.128. The molecule has 1 aromatic rings. The maximum absolute atomic E-state index is 13.6. The van der Waals surface area contributed by atoms with E-state index in [9.17, 15) is 13.6 Å². The molecular weight excluding hydrogens is 335 g/mol. The number of carbonyl (C=O) groups excluding carboxylic acids is 1. The molecule has 1 rings (SSSR count). The fourth-order valence-electron chi connectivity index (χ4n) is 2.62. The fraction of sp³-hybridized carbons (Fsp3) is 0.812. The van der Waals surface area contributed by atoms with E-state index in [1.807, 2.05) is 0 Å². The van der Waals surface area contributed by atoms with Crippen LogP contribution in [0.4, 0.5) is 8.78 Å². The highest BCUT2D eigenvalue weighted by Gasteiger charge is 2.28. The molecule has 8 heteroatoms. The van der Waals surface area contributed by atoms with Crippen LogP contribution in [-0.4, -0.2) is 38.4 Å². The zero-order chi connectivity index (χ0) is 18.4. The molecule has 0 bridgehead atoms. The minimum Gasteiger partial charge on any atom is -0.396 e. The first-order chi connectivity index (χ1) is 11.1. The number of nitrogens with zero attached hydrogens (tertiary/aromatic N) is 3. The molecule has 2 unspecified atom stereocenters. The van der Waals surface area contributed by atoms with Gasteiger partial charge in [0.25, 0.3) is 5.66 Å². The third-order valence-corrected chi connectivity index (χ3v) is 3.96. The van der Waals surface area contributed by atoms with E-state index >= 15 is 0 Å². The average Bonchev–Trinajstić information content (AvgIpc) is 2.78. The summed E-state index contributed by atoms with van der Waals surface area (Å²) in [5, 5.41) is 17.3. The number of aliphatic hydroxyl groups is 1. The van der Waals surface area contributed by atoms with Gasteiger partial charge in [-0.05, 0) is 24.7 Å². The molecule has 0 aliphatic heterocycles. The van der Waals surface area contributed by atoms with Gasteiger partial charge in [-0.15, -0.1) is 10.2 Å². The van der Waals surface area contributed by atoms with Gasteiger partial charge in [-0.2, -0.15) is 0 Å². The number of aromatic nitrogens is 3. The normalized spacial score (nSPS) is 14.0. The van der Waals surface area contributed by atoms with Crippen molar-refractivity contribution in [3.05, 3.63) is 11.6 Å². The van der Waals surface area contributed by atoms with Crippen LogP contribution in [0.2, 0.25) is 0 Å². The Morgan fingerprint density at radius 1 is 1.33 bits per heavy atom. The molecule has 0 saturated heterocycles. The van der Waals surface area contributed by atoms with Crippen LogP contribution < -0.4 is 0 Å². The third-order valence-electron chi connectivity index (χ3n) is 3.78. The molecule has 138 valence electrons. The third kappa shape index (κ3) is 7.31. The van der Waals surface area contributed by atoms with Crippen LogP contribution in [0.5, 0.6) is 0 Å². The van der Waals surface area contributed by atoms with Crippen LogP contribution in [0.1, 0.15) is 64.0 Å². The number of carbonyl (C=O) groups is 1. The van der Waals surface area contributed by atoms with Crippen molar-refractivity contribution in [3.8, 4) is 0 Å². The molecule has 2 atom stereocenters. The summed E-state index contributed by atoms with van der Waals surface area (Å²) in [6.07, 6.45) is 3.46. The number of hydrogen-bond donors (Lipinski definition) is 1. The Bertz CT molecular complexity index is 524. The average molecular weight is 363 g/mol. The smallest absolute Gasteiger partial charge is 0.276 e. The fourth-order valence-corrected chi connectivity index (χ4v) is 2.80. The van der Waals surface area contributed by atoms with Crippen molar-refractivity contribution in [3.63, 3.8) is 0 Å². The number of aldehydes is 1. The molecular formula is C16H28F2N3O2P. The van der Waals surface area contributed by atoms with Crippen molar-refractivity contribution < 1.29 is 18.7 Å². The lowest BCUT2D eigenvalue weighted by molar-refractivity contribution is -0.108. The second kappa shape index (κ2) is 8.95. The number of aryl methyl sites for hydroxylation is 1. The first-order valence-corrected chi connectivity index (χ1v) is 8.78. The summed E-state index contributed by atoms with van der Waals surface area (Å²) in [5.41, 5.74) is -2.82. The SMILES string of the molecule is CC(C)(C)CCCc1nnc(C(CC=O)CCO)n1CC(F)(F)P. The van der Waals surface area contributed by atoms with Gasteiger partial charge in [0.15, 0.2) is 0 Å². The van der Waals surface area contributed by atoms with Crippen LogP contribution >= 0.6 is 9.24 Å². The minimum atomic E-state index is -2.99. The summed E-state index contributed by atoms with van der Waals surface area (Å²) in [7, 11) is 1.53. The number of halogens is 2. The van der Waals surface area contributed by atoms with Gasteiger partial charge in [-0.1, -0.05) is 30.0 Å². The van der Waals surface area contributed by atoms with Gasteiger partial charge in [-0.25, -0.2) is 8.78 Å². The Morgan fingerprint density at radius 3 is 2.50 bits per heavy atom. The molecule has 0 aromatic carbocycles. The number of rotatable bonds is 10. The number of hydrogen-bond acceptors (Lipinski definition) is 4. The lowest BCUT2D eigenvalue weighted by Gasteiger charge is -2.20. The van der Waals surface area contributed by atoms with E-state index in [4.69, 9.17) is 5.11 Å². The maximum atomic E-state index is 13.6. The van der Waals surface area contributed by atoms with Gasteiger partial charge >= 0.3 is 0 Å². The first kappa shape index (κ1) is 21.1. The molecule has 0 radical (unpaired) electrons. The number of alkyl halides is 2. The predicted octanol–water partition coefficient (Wildman–Crippen LogP) is 3.17. The Kier molecular flexibility index (Phi) is 7.87. The molecule has 5 nitrogen and oxygen atoms in total. The van der Waals surface area contributed by atoms with E-state index in [1.54, 1.807) is 0 Å². The van der Waals surface area contributed by atoms with E-state index in [-0.39, 0.29) is 18.4 Å². The van der Waals surface area contributed by atoms with Crippen molar-refractivity contribution in [1.82, 2.24) is 14.8 Å². The monoisotopic (exact) mass is 363 g/mol. The summed E-state index contributed by atoms with van der Waals surface area (Å²) >= 11 is 0. The van der Waals surface area contributed by atoms with Gasteiger partial charge in [0.1, 0.15) is 17.9 Å². The van der Waals surface area contributed by atoms with E-state index < -0.39 is 18.1 Å². The van der Waals surface area contributed by atoms with Crippen molar-refractivity contribution in [2.24, 2.45) is 5.41 Å². The molecule has 0 fully saturated rings. The molecule has 1 N–H and O–H groups in total. The van der Waals surface area contributed by atoms with E-state index in [1.165, 1.54) is 13.8 Å². The zero-order valence-electron chi connectivity index (χ0n) is 14.6. The highest BCUT2D eigenvalue weighted by Crippen LogP contribution is 2.29. The van der Waals surface area contributed by atoms with Gasteiger partial charge < -0.3 is 14.5 Å². The second-order valence-corrected chi connectivity index (χ2v) is 8.19. The molecule has 0 amide bonds. The predicted molar refractivity (Wildman–Crippen MR) is 92.2 cm³/mol. The van der Waals surface area contributed by atoms with E-state index in [2.05, 4.69) is 31.0 Å². The maximum Gasteiger partial charge on any atom is 0.276 e. The summed E-state index contributed by atoms with van der Waals surface area (Å²) < 4.78 is 28.5. The van der Waals surface area contributed by atoms with E-state index in [0.29, 0.717) is 24.5 Å². The van der Waals surface area contributed by atoms with Crippen molar-refractivity contribution in [2.75, 3.05) is 6.61 Å². The first-order valence-electron chi connectivity index (χ1n) is 8.20. The van der Waals surface area contributed by atoms with Gasteiger partial charge in [0.05, 0.1) is 6.54 Å². The Morgan fingerprint density at radius 2 is 2.00 bits per heavy atom. The molecule has 0 aliphatic rings. The van der Waals surface area contributed by atoms with Crippen molar-refractivity contribution >= 4 is 15.5 Å². The highest BCUT2D eigenvalue weighted by molar-refractivity contribution is 7.18. The quantitative estimate of drug-likeness (QED) is 0.512. The summed E-state index contributed by atoms with van der Waals surface area (Å²) in [6, 6.07) is 0. The second-order valence-electron chi connectivity index (χ2n) is 7.35. The zero-order valence-corrected chi connectivity index (χ0v) is 15.8. The highest BCUT2D eigenvalue weighted by atomic mass is 31.0. The van der Waals surface area contributed by atoms with Crippen LogP contribution in [0.25, 0.3) is 0 Å². The van der Waals surface area contributed by atoms with Gasteiger partial charge in [0, 0.05) is 25.4 Å². The molecule has 1 aromatic heterocycles. The topological polar surface area (TPSA) is 68.0 Å². The largest absolute Gasteiger partial charge is 0.396 e. The van der Waals surface area contributed by atoms with Crippen LogP contribution in [0, 0.1) is 5.41 Å². The van der Waals surface area contributed by atoms with Crippen LogP contribution in [0.15, 0.2) is 0 Å². The Hall–Kier alpha value is -0.940. The van der Waals surface area contributed by atoms with Crippen molar-refractivity contribution in [1.29, 1.82) is 0 Å². The van der Waals surface area contributed by atoms with Crippen molar-refractivity contribution in [2.45, 2.75) is 71.0 Å². The molecule has 0 saturated carbocycles. The summed E-state index contributed by atoms with van der Waals surface area (Å²) in [5.74, 6) is 0.456. The molecule has 24 heavy (non-hydrogen) atoms. The lowest BCUT2D eigenvalue weighted by atomic mass is 9.90.